The molecule has 2 heterocycles. The second-order valence-electron chi connectivity index (χ2n) is 7.42. The van der Waals surface area contributed by atoms with Crippen molar-refractivity contribution in [3.05, 3.63) is 53.7 Å². The zero-order valence-electron chi connectivity index (χ0n) is 17.1. The lowest BCUT2D eigenvalue weighted by Crippen LogP contribution is -2.35. The van der Waals surface area contributed by atoms with Gasteiger partial charge in [0.1, 0.15) is 0 Å². The van der Waals surface area contributed by atoms with E-state index in [0.29, 0.717) is 37.1 Å². The van der Waals surface area contributed by atoms with E-state index in [1.807, 2.05) is 30.3 Å². The Morgan fingerprint density at radius 2 is 1.94 bits per heavy atom. The minimum absolute atomic E-state index is 0.412. The normalized spacial score (nSPS) is 14.8. The Balaban J connectivity index is 1.62. The van der Waals surface area contributed by atoms with Crippen molar-refractivity contribution in [1.29, 1.82) is 0 Å². The van der Waals surface area contributed by atoms with E-state index >= 15 is 0 Å². The summed E-state index contributed by atoms with van der Waals surface area (Å²) in [5.74, 6) is 3.01. The van der Waals surface area contributed by atoms with Crippen LogP contribution >= 0.6 is 0 Å². The highest BCUT2D eigenvalue weighted by Gasteiger charge is 2.13. The van der Waals surface area contributed by atoms with Crippen LogP contribution in [0.25, 0.3) is 10.9 Å². The molecule has 2 aromatic carbocycles. The molecule has 0 spiro atoms. The molecule has 0 atom stereocenters. The van der Waals surface area contributed by atoms with Crippen LogP contribution < -0.4 is 10.0 Å². The lowest BCUT2D eigenvalue weighted by atomic mass is 10.1. The van der Waals surface area contributed by atoms with Crippen LogP contribution in [0.4, 0.5) is 17.3 Å². The molecule has 9 heteroatoms. The lowest BCUT2D eigenvalue weighted by Gasteiger charge is -2.27. The Kier molecular flexibility index (Phi) is 6.04. The number of benzene rings is 2. The van der Waals surface area contributed by atoms with Gasteiger partial charge < -0.3 is 10.1 Å². The van der Waals surface area contributed by atoms with Gasteiger partial charge >= 0.3 is 0 Å². The summed E-state index contributed by atoms with van der Waals surface area (Å²) in [4.78, 5) is 11.2. The molecule has 1 aliphatic rings. The SMILES string of the molecule is C#Cc1ccc2nc(Nc3cc(CN4CCOCC4)cc(NS(C)(=O)=O)c3)ncc2c1. The second-order valence-corrected chi connectivity index (χ2v) is 9.17. The van der Waals surface area contributed by atoms with Crippen LogP contribution in [-0.2, 0) is 21.3 Å². The maximum atomic E-state index is 11.8. The predicted octanol–water partition coefficient (Wildman–Crippen LogP) is 2.56. The van der Waals surface area contributed by atoms with Gasteiger partial charge in [-0.15, -0.1) is 6.42 Å². The molecule has 1 saturated heterocycles. The summed E-state index contributed by atoms with van der Waals surface area (Å²) in [6.07, 6.45) is 8.29. The maximum absolute atomic E-state index is 11.8. The number of morpholine rings is 1. The Hall–Kier alpha value is -3.19. The largest absolute Gasteiger partial charge is 0.379 e. The average Bonchev–Trinajstić information content (AvgIpc) is 2.72. The zero-order chi connectivity index (χ0) is 21.8. The number of nitrogens with one attached hydrogen (secondary N) is 2. The van der Waals surface area contributed by atoms with Crippen molar-refractivity contribution in [2.45, 2.75) is 6.54 Å². The molecule has 0 saturated carbocycles. The number of ether oxygens (including phenoxy) is 1. The fraction of sp³-hybridized carbons (Fsp3) is 0.273. The van der Waals surface area contributed by atoms with Gasteiger partial charge in [-0.3, -0.25) is 9.62 Å². The first-order chi connectivity index (χ1) is 14.9. The Labute approximate surface area is 181 Å². The van der Waals surface area contributed by atoms with Crippen molar-refractivity contribution in [2.75, 3.05) is 42.6 Å². The molecule has 1 aliphatic heterocycles. The Morgan fingerprint density at radius 1 is 1.16 bits per heavy atom. The topological polar surface area (TPSA) is 96.5 Å². The molecule has 1 aromatic heterocycles. The van der Waals surface area contributed by atoms with E-state index in [9.17, 15) is 8.42 Å². The monoisotopic (exact) mass is 437 g/mol. The van der Waals surface area contributed by atoms with Gasteiger partial charge in [0.15, 0.2) is 0 Å². The Morgan fingerprint density at radius 3 is 2.68 bits per heavy atom. The van der Waals surface area contributed by atoms with Crippen LogP contribution in [0.3, 0.4) is 0 Å². The van der Waals surface area contributed by atoms with E-state index in [-0.39, 0.29) is 0 Å². The summed E-state index contributed by atoms with van der Waals surface area (Å²) in [5, 5.41) is 4.04. The van der Waals surface area contributed by atoms with Gasteiger partial charge in [0, 0.05) is 42.5 Å². The van der Waals surface area contributed by atoms with Crippen LogP contribution in [0.1, 0.15) is 11.1 Å². The molecule has 0 radical (unpaired) electrons. The summed E-state index contributed by atoms with van der Waals surface area (Å²) >= 11 is 0. The highest BCUT2D eigenvalue weighted by Crippen LogP contribution is 2.24. The quantitative estimate of drug-likeness (QED) is 0.572. The van der Waals surface area contributed by atoms with Gasteiger partial charge in [-0.2, -0.15) is 0 Å². The van der Waals surface area contributed by atoms with Crippen LogP contribution in [0.15, 0.2) is 42.6 Å². The molecule has 3 aromatic rings. The molecule has 0 unspecified atom stereocenters. The summed E-state index contributed by atoms with van der Waals surface area (Å²) in [7, 11) is -3.41. The summed E-state index contributed by atoms with van der Waals surface area (Å²) < 4.78 is 31.5. The molecule has 0 amide bonds. The third kappa shape index (κ3) is 5.70. The summed E-state index contributed by atoms with van der Waals surface area (Å²) in [5.41, 5.74) is 3.67. The van der Waals surface area contributed by atoms with Gasteiger partial charge in [-0.25, -0.2) is 18.4 Å². The van der Waals surface area contributed by atoms with Gasteiger partial charge in [-0.05, 0) is 42.0 Å². The molecule has 8 nitrogen and oxygen atoms in total. The second kappa shape index (κ2) is 8.89. The molecular weight excluding hydrogens is 414 g/mol. The molecule has 2 N–H and O–H groups in total. The van der Waals surface area contributed by atoms with Crippen molar-refractivity contribution in [3.63, 3.8) is 0 Å². The number of fused-ring (bicyclic) bond motifs is 1. The first-order valence-corrected chi connectivity index (χ1v) is 11.7. The van der Waals surface area contributed by atoms with Gasteiger partial charge in [0.2, 0.25) is 16.0 Å². The molecule has 160 valence electrons. The fourth-order valence-corrected chi connectivity index (χ4v) is 4.00. The zero-order valence-corrected chi connectivity index (χ0v) is 17.9. The third-order valence-corrected chi connectivity index (χ3v) is 5.42. The van der Waals surface area contributed by atoms with E-state index < -0.39 is 10.0 Å². The maximum Gasteiger partial charge on any atom is 0.229 e. The number of hydrogen-bond acceptors (Lipinski definition) is 7. The van der Waals surface area contributed by atoms with Crippen molar-refractivity contribution in [1.82, 2.24) is 14.9 Å². The first kappa shape index (κ1) is 21.1. The van der Waals surface area contributed by atoms with Crippen molar-refractivity contribution in [2.24, 2.45) is 0 Å². The highest BCUT2D eigenvalue weighted by atomic mass is 32.2. The number of anilines is 3. The van der Waals surface area contributed by atoms with E-state index in [0.717, 1.165) is 41.4 Å². The van der Waals surface area contributed by atoms with E-state index in [1.54, 1.807) is 12.3 Å². The summed E-state index contributed by atoms with van der Waals surface area (Å²) in [6.45, 7) is 3.74. The van der Waals surface area contributed by atoms with E-state index in [1.165, 1.54) is 0 Å². The minimum Gasteiger partial charge on any atom is -0.379 e. The van der Waals surface area contributed by atoms with Crippen molar-refractivity contribution in [3.8, 4) is 12.3 Å². The number of nitrogens with zero attached hydrogens (tertiary/aromatic N) is 3. The van der Waals surface area contributed by atoms with Crippen LogP contribution in [0.2, 0.25) is 0 Å². The molecule has 0 bridgehead atoms. The smallest absolute Gasteiger partial charge is 0.229 e. The number of aromatic nitrogens is 2. The average molecular weight is 438 g/mol. The Bertz CT molecular complexity index is 1250. The van der Waals surface area contributed by atoms with E-state index in [4.69, 9.17) is 11.2 Å². The van der Waals surface area contributed by atoms with Crippen LogP contribution in [0.5, 0.6) is 0 Å². The molecule has 1 fully saturated rings. The standard InChI is InChI=1S/C22H23N5O3S/c1-3-16-4-5-21-18(10-16)14-23-22(25-21)24-19-11-17(15-27-6-8-30-9-7-27)12-20(13-19)26-31(2,28)29/h1,4-5,10-14,26H,6-9,15H2,2H3,(H,23,24,25). The molecule has 31 heavy (non-hydrogen) atoms. The van der Waals surface area contributed by atoms with Crippen LogP contribution in [0, 0.1) is 12.3 Å². The van der Waals surface area contributed by atoms with Gasteiger partial charge in [0.25, 0.3) is 0 Å². The number of hydrogen-bond donors (Lipinski definition) is 2. The molecule has 0 aliphatic carbocycles. The van der Waals surface area contributed by atoms with Crippen molar-refractivity contribution < 1.29 is 13.2 Å². The van der Waals surface area contributed by atoms with Crippen molar-refractivity contribution >= 4 is 38.2 Å². The number of sulfonamides is 1. The van der Waals surface area contributed by atoms with Gasteiger partial charge in [0.05, 0.1) is 30.7 Å². The summed E-state index contributed by atoms with van der Waals surface area (Å²) in [6, 6.07) is 11.1. The number of terminal acetylenes is 1. The lowest BCUT2D eigenvalue weighted by molar-refractivity contribution is 0.0342. The molecular formula is C22H23N5O3S. The highest BCUT2D eigenvalue weighted by molar-refractivity contribution is 7.92. The predicted molar refractivity (Wildman–Crippen MR) is 122 cm³/mol. The third-order valence-electron chi connectivity index (χ3n) is 4.81. The van der Waals surface area contributed by atoms with Gasteiger partial charge in [-0.1, -0.05) is 5.92 Å². The first-order valence-electron chi connectivity index (χ1n) is 9.80. The number of rotatable bonds is 6. The van der Waals surface area contributed by atoms with Crippen LogP contribution in [-0.4, -0.2) is 55.8 Å². The van der Waals surface area contributed by atoms with E-state index in [2.05, 4.69) is 30.8 Å². The minimum atomic E-state index is -3.41. The molecule has 4 rings (SSSR count). The fourth-order valence-electron chi connectivity index (χ4n) is 3.46.